The lowest BCUT2D eigenvalue weighted by Gasteiger charge is -2.10. The molecule has 1 fully saturated rings. The molecule has 5 nitrogen and oxygen atoms in total. The third kappa shape index (κ3) is 2.30. The van der Waals surface area contributed by atoms with Crippen molar-refractivity contribution in [2.24, 2.45) is 0 Å². The summed E-state index contributed by atoms with van der Waals surface area (Å²) in [6, 6.07) is 0. The molecule has 1 aliphatic rings. The normalized spacial score (nSPS) is 19.6. The molecule has 0 radical (unpaired) electrons. The summed E-state index contributed by atoms with van der Waals surface area (Å²) in [5, 5.41) is 9.72. The Hall–Kier alpha value is -0.650. The van der Waals surface area contributed by atoms with Gasteiger partial charge in [0.15, 0.2) is 0 Å². The first-order valence-electron chi connectivity index (χ1n) is 3.15. The van der Waals surface area contributed by atoms with Crippen LogP contribution in [0.2, 0.25) is 0 Å². The summed E-state index contributed by atoms with van der Waals surface area (Å²) in [4.78, 5) is 15.0. The second kappa shape index (κ2) is 3.50. The zero-order chi connectivity index (χ0) is 7.40. The smallest absolute Gasteiger partial charge is 0.304 e. The molecule has 0 bridgehead atoms. The van der Waals surface area contributed by atoms with Gasteiger partial charge < -0.3 is 5.11 Å². The van der Waals surface area contributed by atoms with Gasteiger partial charge in [-0.1, -0.05) is 0 Å². The van der Waals surface area contributed by atoms with E-state index in [1.807, 2.05) is 0 Å². The van der Waals surface area contributed by atoms with Crippen LogP contribution >= 0.6 is 0 Å². The van der Waals surface area contributed by atoms with Gasteiger partial charge in [0.2, 0.25) is 0 Å². The molecule has 1 rings (SSSR count). The Morgan fingerprint density at radius 3 is 3.10 bits per heavy atom. The summed E-state index contributed by atoms with van der Waals surface area (Å²) in [6.07, 6.45) is 0.104. The first-order valence-corrected chi connectivity index (χ1v) is 3.15. The Kier molecular flexibility index (Phi) is 2.61. The highest BCUT2D eigenvalue weighted by Gasteiger charge is 2.11. The summed E-state index contributed by atoms with van der Waals surface area (Å²) >= 11 is 0. The maximum Gasteiger partial charge on any atom is 0.304 e. The largest absolute Gasteiger partial charge is 0.481 e. The van der Waals surface area contributed by atoms with Crippen LogP contribution < -0.4 is 5.43 Å². The van der Waals surface area contributed by atoms with Gasteiger partial charge in [-0.15, -0.1) is 5.17 Å². The molecule has 5 heteroatoms. The molecule has 0 spiro atoms. The van der Waals surface area contributed by atoms with E-state index in [9.17, 15) is 4.79 Å². The van der Waals surface area contributed by atoms with Gasteiger partial charge in [0.05, 0.1) is 19.6 Å². The van der Waals surface area contributed by atoms with Gasteiger partial charge in [-0.2, -0.15) is 0 Å². The predicted molar refractivity (Wildman–Crippen MR) is 32.9 cm³/mol. The third-order valence-electron chi connectivity index (χ3n) is 1.17. The SMILES string of the molecule is O=C(O)CCN1NCCO1. The van der Waals surface area contributed by atoms with Crippen LogP contribution in [-0.2, 0) is 9.63 Å². The zero-order valence-electron chi connectivity index (χ0n) is 5.54. The van der Waals surface area contributed by atoms with Crippen molar-refractivity contribution in [3.63, 3.8) is 0 Å². The van der Waals surface area contributed by atoms with Gasteiger partial charge in [-0.3, -0.25) is 9.63 Å². The number of aliphatic carboxylic acids is 1. The van der Waals surface area contributed by atoms with E-state index in [-0.39, 0.29) is 6.42 Å². The highest BCUT2D eigenvalue weighted by atomic mass is 16.7. The molecule has 1 heterocycles. The topological polar surface area (TPSA) is 61.8 Å². The molecular weight excluding hydrogens is 136 g/mol. The van der Waals surface area contributed by atoms with Gasteiger partial charge >= 0.3 is 5.97 Å². The van der Waals surface area contributed by atoms with Crippen molar-refractivity contribution in [3.05, 3.63) is 0 Å². The monoisotopic (exact) mass is 146 g/mol. The molecule has 0 aromatic carbocycles. The highest BCUT2D eigenvalue weighted by Crippen LogP contribution is 1.93. The number of nitrogens with one attached hydrogen (secondary N) is 1. The van der Waals surface area contributed by atoms with Crippen LogP contribution in [0.15, 0.2) is 0 Å². The van der Waals surface area contributed by atoms with E-state index in [1.54, 1.807) is 0 Å². The molecule has 0 aliphatic carbocycles. The minimum absolute atomic E-state index is 0.104. The summed E-state index contributed by atoms with van der Waals surface area (Å²) in [5.74, 6) is -0.808. The van der Waals surface area contributed by atoms with Crippen LogP contribution in [0, 0.1) is 0 Å². The number of hydroxylamine groups is 1. The Morgan fingerprint density at radius 1 is 1.80 bits per heavy atom. The van der Waals surface area contributed by atoms with E-state index < -0.39 is 5.97 Å². The van der Waals surface area contributed by atoms with Crippen molar-refractivity contribution in [2.75, 3.05) is 19.7 Å². The average molecular weight is 146 g/mol. The molecule has 2 N–H and O–H groups in total. The fraction of sp³-hybridized carbons (Fsp3) is 0.800. The van der Waals surface area contributed by atoms with Crippen molar-refractivity contribution in [1.29, 1.82) is 0 Å². The van der Waals surface area contributed by atoms with Crippen LogP contribution in [0.25, 0.3) is 0 Å². The molecule has 0 unspecified atom stereocenters. The van der Waals surface area contributed by atoms with E-state index in [4.69, 9.17) is 9.94 Å². The quantitative estimate of drug-likeness (QED) is 0.546. The van der Waals surface area contributed by atoms with Crippen LogP contribution in [0.5, 0.6) is 0 Å². The van der Waals surface area contributed by atoms with Gasteiger partial charge in [-0.25, -0.2) is 5.43 Å². The second-order valence-electron chi connectivity index (χ2n) is 1.99. The van der Waals surface area contributed by atoms with Crippen molar-refractivity contribution in [1.82, 2.24) is 10.6 Å². The number of hydrazine groups is 1. The van der Waals surface area contributed by atoms with Crippen LogP contribution in [0.1, 0.15) is 6.42 Å². The van der Waals surface area contributed by atoms with Crippen LogP contribution in [-0.4, -0.2) is 35.9 Å². The molecule has 1 saturated heterocycles. The number of carboxylic acid groups (broad SMARTS) is 1. The number of hydrogen-bond donors (Lipinski definition) is 2. The molecule has 0 aromatic rings. The van der Waals surface area contributed by atoms with Crippen LogP contribution in [0.4, 0.5) is 0 Å². The fourth-order valence-electron chi connectivity index (χ4n) is 0.713. The number of carbonyl (C=O) groups is 1. The van der Waals surface area contributed by atoms with Crippen molar-refractivity contribution in [2.45, 2.75) is 6.42 Å². The average Bonchev–Trinajstić information content (AvgIpc) is 2.34. The fourth-order valence-corrected chi connectivity index (χ4v) is 0.713. The zero-order valence-corrected chi connectivity index (χ0v) is 5.54. The third-order valence-corrected chi connectivity index (χ3v) is 1.17. The molecule has 0 aromatic heterocycles. The van der Waals surface area contributed by atoms with Crippen molar-refractivity contribution < 1.29 is 14.7 Å². The number of rotatable bonds is 3. The Balaban J connectivity index is 2.07. The maximum atomic E-state index is 10.0. The van der Waals surface area contributed by atoms with E-state index in [0.29, 0.717) is 13.2 Å². The lowest BCUT2D eigenvalue weighted by atomic mass is 10.4. The molecule has 0 amide bonds. The first kappa shape index (κ1) is 7.46. The number of carboxylic acids is 1. The summed E-state index contributed by atoms with van der Waals surface area (Å²) < 4.78 is 0. The summed E-state index contributed by atoms with van der Waals surface area (Å²) in [7, 11) is 0. The van der Waals surface area contributed by atoms with Crippen molar-refractivity contribution in [3.8, 4) is 0 Å². The second-order valence-corrected chi connectivity index (χ2v) is 1.99. The van der Waals surface area contributed by atoms with Crippen LogP contribution in [0.3, 0.4) is 0 Å². The maximum absolute atomic E-state index is 10.0. The molecule has 1 aliphatic heterocycles. The van der Waals surface area contributed by atoms with Gasteiger partial charge in [-0.05, 0) is 0 Å². The molecule has 58 valence electrons. The number of nitrogens with zero attached hydrogens (tertiary/aromatic N) is 1. The van der Waals surface area contributed by atoms with Gasteiger partial charge in [0, 0.05) is 6.54 Å². The molecule has 10 heavy (non-hydrogen) atoms. The van der Waals surface area contributed by atoms with Gasteiger partial charge in [0.1, 0.15) is 0 Å². The summed E-state index contributed by atoms with van der Waals surface area (Å²) in [5.41, 5.74) is 2.86. The minimum Gasteiger partial charge on any atom is -0.481 e. The highest BCUT2D eigenvalue weighted by molar-refractivity contribution is 5.66. The molecule has 0 atom stereocenters. The molecular formula is C5H10N2O3. The van der Waals surface area contributed by atoms with E-state index in [1.165, 1.54) is 5.17 Å². The molecule has 0 saturated carbocycles. The van der Waals surface area contributed by atoms with E-state index >= 15 is 0 Å². The van der Waals surface area contributed by atoms with Crippen molar-refractivity contribution >= 4 is 5.97 Å². The predicted octanol–water partition coefficient (Wildman–Crippen LogP) is -0.787. The minimum atomic E-state index is -0.808. The lowest BCUT2D eigenvalue weighted by Crippen LogP contribution is -2.31. The Morgan fingerprint density at radius 2 is 2.60 bits per heavy atom. The van der Waals surface area contributed by atoms with E-state index in [0.717, 1.165) is 6.54 Å². The Labute approximate surface area is 58.5 Å². The standard InChI is InChI=1S/C5H10N2O3/c8-5(9)1-3-7-6-2-4-10-7/h6H,1-4H2,(H,8,9). The van der Waals surface area contributed by atoms with Gasteiger partial charge in [0.25, 0.3) is 0 Å². The number of hydrogen-bond acceptors (Lipinski definition) is 4. The van der Waals surface area contributed by atoms with E-state index in [2.05, 4.69) is 5.43 Å². The lowest BCUT2D eigenvalue weighted by molar-refractivity contribution is -0.153. The summed E-state index contributed by atoms with van der Waals surface area (Å²) in [6.45, 7) is 1.79. The first-order chi connectivity index (χ1) is 4.79. The Bertz CT molecular complexity index is 122.